The third kappa shape index (κ3) is 2.39. The summed E-state index contributed by atoms with van der Waals surface area (Å²) in [4.78, 5) is 4.88. The van der Waals surface area contributed by atoms with Gasteiger partial charge in [-0.2, -0.15) is 5.10 Å². The number of fused-ring (bicyclic) bond motifs is 3. The van der Waals surface area contributed by atoms with Crippen LogP contribution in [-0.4, -0.2) is 25.9 Å². The van der Waals surface area contributed by atoms with Crippen molar-refractivity contribution in [2.75, 3.05) is 6.61 Å². The molecule has 6 heteroatoms. The number of hydrogen-bond acceptors (Lipinski definition) is 4. The standard InChI is InChI=1S/C18H21N5O/c1-12(2)23-16(5-6-20-23)15-11-22-7-8-24-17-9-13(10-19)3-4-14(17)18(22)21-15/h3-6,9,11-12H,7-8,10,19H2,1-2H3. The molecule has 0 radical (unpaired) electrons. The molecule has 0 bridgehead atoms. The lowest BCUT2D eigenvalue weighted by atomic mass is 10.1. The molecule has 0 amide bonds. The number of benzene rings is 1. The average Bonchev–Trinajstić information content (AvgIpc) is 3.18. The minimum absolute atomic E-state index is 0.291. The van der Waals surface area contributed by atoms with Gasteiger partial charge in [-0.15, -0.1) is 0 Å². The number of nitrogens with zero attached hydrogens (tertiary/aromatic N) is 4. The number of rotatable bonds is 3. The van der Waals surface area contributed by atoms with Crippen LogP contribution >= 0.6 is 0 Å². The maximum absolute atomic E-state index is 5.89. The molecule has 0 aliphatic carbocycles. The normalized spacial score (nSPS) is 13.3. The molecule has 1 aliphatic heterocycles. The summed E-state index contributed by atoms with van der Waals surface area (Å²) < 4.78 is 10.0. The zero-order valence-corrected chi connectivity index (χ0v) is 13.9. The molecule has 3 heterocycles. The summed E-state index contributed by atoms with van der Waals surface area (Å²) in [5.74, 6) is 1.78. The third-order valence-electron chi connectivity index (χ3n) is 4.31. The minimum Gasteiger partial charge on any atom is -0.491 e. The van der Waals surface area contributed by atoms with Gasteiger partial charge in [-0.3, -0.25) is 4.68 Å². The smallest absolute Gasteiger partial charge is 0.144 e. The van der Waals surface area contributed by atoms with Crippen LogP contribution in [0.2, 0.25) is 0 Å². The first-order valence-corrected chi connectivity index (χ1v) is 8.24. The zero-order chi connectivity index (χ0) is 16.7. The molecule has 0 fully saturated rings. The second-order valence-electron chi connectivity index (χ2n) is 6.28. The summed E-state index contributed by atoms with van der Waals surface area (Å²) in [6.07, 6.45) is 3.91. The summed E-state index contributed by atoms with van der Waals surface area (Å²) in [6, 6.07) is 8.39. The minimum atomic E-state index is 0.291. The lowest BCUT2D eigenvalue weighted by Gasteiger charge is -2.09. The van der Waals surface area contributed by atoms with Crippen LogP contribution in [0.25, 0.3) is 22.8 Å². The molecule has 124 valence electrons. The van der Waals surface area contributed by atoms with E-state index >= 15 is 0 Å². The highest BCUT2D eigenvalue weighted by Crippen LogP contribution is 2.34. The van der Waals surface area contributed by atoms with E-state index in [1.165, 1.54) is 0 Å². The van der Waals surface area contributed by atoms with Gasteiger partial charge in [0, 0.05) is 25.0 Å². The van der Waals surface area contributed by atoms with Crippen molar-refractivity contribution >= 4 is 0 Å². The molecule has 0 saturated heterocycles. The molecule has 3 aromatic rings. The monoisotopic (exact) mass is 323 g/mol. The van der Waals surface area contributed by atoms with Crippen LogP contribution < -0.4 is 10.5 Å². The molecule has 1 aliphatic rings. The fraction of sp³-hybridized carbons (Fsp3) is 0.333. The summed E-state index contributed by atoms with van der Waals surface area (Å²) in [6.45, 7) is 6.13. The third-order valence-corrected chi connectivity index (χ3v) is 4.31. The SMILES string of the molecule is CC(C)n1nccc1-c1cn2c(n1)-c1ccc(CN)cc1OCC2. The van der Waals surface area contributed by atoms with Crippen molar-refractivity contribution in [2.24, 2.45) is 5.73 Å². The van der Waals surface area contributed by atoms with Gasteiger partial charge in [-0.05, 0) is 37.6 Å². The Bertz CT molecular complexity index is 877. The first-order valence-electron chi connectivity index (χ1n) is 8.24. The Morgan fingerprint density at radius 3 is 2.96 bits per heavy atom. The van der Waals surface area contributed by atoms with Gasteiger partial charge < -0.3 is 15.0 Å². The predicted molar refractivity (Wildman–Crippen MR) is 92.7 cm³/mol. The van der Waals surface area contributed by atoms with E-state index in [0.29, 0.717) is 19.2 Å². The van der Waals surface area contributed by atoms with Gasteiger partial charge in [0.25, 0.3) is 0 Å². The summed E-state index contributed by atoms with van der Waals surface area (Å²) in [5.41, 5.74) is 9.78. The fourth-order valence-electron chi connectivity index (χ4n) is 3.11. The molecule has 4 rings (SSSR count). The second-order valence-corrected chi connectivity index (χ2v) is 6.28. The maximum Gasteiger partial charge on any atom is 0.144 e. The van der Waals surface area contributed by atoms with Gasteiger partial charge in [0.15, 0.2) is 0 Å². The van der Waals surface area contributed by atoms with E-state index in [0.717, 1.165) is 40.6 Å². The Morgan fingerprint density at radius 1 is 1.29 bits per heavy atom. The molecular weight excluding hydrogens is 302 g/mol. The molecule has 0 spiro atoms. The Morgan fingerprint density at radius 2 is 2.17 bits per heavy atom. The number of imidazole rings is 1. The van der Waals surface area contributed by atoms with Crippen molar-refractivity contribution < 1.29 is 4.74 Å². The van der Waals surface area contributed by atoms with E-state index in [1.807, 2.05) is 35.1 Å². The van der Waals surface area contributed by atoms with Crippen LogP contribution in [0.3, 0.4) is 0 Å². The van der Waals surface area contributed by atoms with E-state index in [-0.39, 0.29) is 0 Å². The van der Waals surface area contributed by atoms with Crippen LogP contribution in [0.1, 0.15) is 25.5 Å². The highest BCUT2D eigenvalue weighted by atomic mass is 16.5. The molecule has 1 aromatic carbocycles. The average molecular weight is 323 g/mol. The van der Waals surface area contributed by atoms with Crippen molar-refractivity contribution in [3.05, 3.63) is 42.2 Å². The van der Waals surface area contributed by atoms with Crippen molar-refractivity contribution in [3.8, 4) is 28.5 Å². The van der Waals surface area contributed by atoms with E-state index in [1.54, 1.807) is 0 Å². The first-order chi connectivity index (χ1) is 11.7. The molecule has 0 saturated carbocycles. The van der Waals surface area contributed by atoms with Gasteiger partial charge in [0.2, 0.25) is 0 Å². The van der Waals surface area contributed by atoms with Crippen LogP contribution in [0.5, 0.6) is 5.75 Å². The number of aromatic nitrogens is 4. The quantitative estimate of drug-likeness (QED) is 0.804. The van der Waals surface area contributed by atoms with Crippen molar-refractivity contribution in [3.63, 3.8) is 0 Å². The molecule has 6 nitrogen and oxygen atoms in total. The van der Waals surface area contributed by atoms with Crippen LogP contribution in [-0.2, 0) is 13.1 Å². The van der Waals surface area contributed by atoms with Gasteiger partial charge in [-0.25, -0.2) is 4.98 Å². The van der Waals surface area contributed by atoms with Crippen LogP contribution in [0, 0.1) is 0 Å². The predicted octanol–water partition coefficient (Wildman–Crippen LogP) is 2.85. The van der Waals surface area contributed by atoms with Gasteiger partial charge >= 0.3 is 0 Å². The Kier molecular flexibility index (Phi) is 3.61. The lowest BCUT2D eigenvalue weighted by molar-refractivity contribution is 0.306. The van der Waals surface area contributed by atoms with E-state index < -0.39 is 0 Å². The summed E-state index contributed by atoms with van der Waals surface area (Å²) in [7, 11) is 0. The van der Waals surface area contributed by atoms with Crippen LogP contribution in [0.15, 0.2) is 36.7 Å². The highest BCUT2D eigenvalue weighted by molar-refractivity contribution is 5.69. The number of nitrogens with two attached hydrogens (primary N) is 1. The number of ether oxygens (including phenoxy) is 1. The Labute approximate surface area is 140 Å². The molecule has 2 N–H and O–H groups in total. The Hall–Kier alpha value is -2.60. The number of hydrogen-bond donors (Lipinski definition) is 1. The second kappa shape index (κ2) is 5.79. The van der Waals surface area contributed by atoms with E-state index in [2.05, 4.69) is 29.7 Å². The highest BCUT2D eigenvalue weighted by Gasteiger charge is 2.20. The Balaban J connectivity index is 1.83. The van der Waals surface area contributed by atoms with Crippen molar-refractivity contribution in [1.29, 1.82) is 0 Å². The molecular formula is C18H21N5O. The largest absolute Gasteiger partial charge is 0.491 e. The van der Waals surface area contributed by atoms with E-state index in [9.17, 15) is 0 Å². The van der Waals surface area contributed by atoms with Gasteiger partial charge in [0.1, 0.15) is 23.9 Å². The zero-order valence-electron chi connectivity index (χ0n) is 13.9. The first kappa shape index (κ1) is 15.0. The van der Waals surface area contributed by atoms with Crippen molar-refractivity contribution in [1.82, 2.24) is 19.3 Å². The molecule has 2 aromatic heterocycles. The van der Waals surface area contributed by atoms with Crippen LogP contribution in [0.4, 0.5) is 0 Å². The summed E-state index contributed by atoms with van der Waals surface area (Å²) in [5, 5.41) is 4.41. The summed E-state index contributed by atoms with van der Waals surface area (Å²) >= 11 is 0. The fourth-order valence-corrected chi connectivity index (χ4v) is 3.11. The van der Waals surface area contributed by atoms with E-state index in [4.69, 9.17) is 15.5 Å². The maximum atomic E-state index is 5.89. The van der Waals surface area contributed by atoms with Crippen molar-refractivity contribution in [2.45, 2.75) is 33.0 Å². The van der Waals surface area contributed by atoms with Gasteiger partial charge in [-0.1, -0.05) is 6.07 Å². The molecule has 24 heavy (non-hydrogen) atoms. The topological polar surface area (TPSA) is 70.9 Å². The molecule has 0 unspecified atom stereocenters. The van der Waals surface area contributed by atoms with Gasteiger partial charge in [0.05, 0.1) is 17.8 Å². The lowest BCUT2D eigenvalue weighted by Crippen LogP contribution is -2.05. The molecule has 0 atom stereocenters.